The van der Waals surface area contributed by atoms with Gasteiger partial charge in [0.15, 0.2) is 0 Å². The van der Waals surface area contributed by atoms with Gasteiger partial charge in [-0.25, -0.2) is 4.98 Å². The molecule has 1 unspecified atom stereocenters. The van der Waals surface area contributed by atoms with Crippen molar-refractivity contribution in [2.24, 2.45) is 0 Å². The molecule has 0 N–H and O–H groups in total. The van der Waals surface area contributed by atoms with Crippen molar-refractivity contribution >= 4 is 23.5 Å². The highest BCUT2D eigenvalue weighted by Crippen LogP contribution is 2.40. The molecule has 1 aromatic heterocycles. The maximum Gasteiger partial charge on any atom is 0.417 e. The second-order valence-corrected chi connectivity index (χ2v) is 9.17. The Balaban J connectivity index is 1.77. The number of ether oxygens (including phenoxy) is 1. The number of amides is 1. The standard InChI is InChI=1S/C20H18F6N2O2S/c1-18(2,31-14-5-3-4-12(8-14)19(21,22)23)15-10-28(17(29)11-30-15)16-7-6-13(9-27-16)20(24,25)26/h3-9,15H,10-11H2,1-2H3. The van der Waals surface area contributed by atoms with E-state index in [1.54, 1.807) is 19.9 Å². The Morgan fingerprint density at radius 2 is 1.71 bits per heavy atom. The molecule has 1 atom stereocenters. The minimum Gasteiger partial charge on any atom is -0.365 e. The van der Waals surface area contributed by atoms with E-state index in [1.165, 1.54) is 11.0 Å². The lowest BCUT2D eigenvalue weighted by Crippen LogP contribution is -2.53. The zero-order valence-corrected chi connectivity index (χ0v) is 17.2. The summed E-state index contributed by atoms with van der Waals surface area (Å²) in [6, 6.07) is 6.81. The number of hydrogen-bond donors (Lipinski definition) is 0. The van der Waals surface area contributed by atoms with Gasteiger partial charge in [0, 0.05) is 15.8 Å². The van der Waals surface area contributed by atoms with E-state index in [0.717, 1.165) is 36.0 Å². The SMILES string of the molecule is CC(C)(Sc1cccc(C(F)(F)F)c1)C1CN(c2ccc(C(F)(F)F)cn2)C(=O)CO1. The summed E-state index contributed by atoms with van der Waals surface area (Å²) in [5.41, 5.74) is -1.71. The molecule has 1 amide bonds. The first-order valence-corrected chi connectivity index (χ1v) is 9.90. The van der Waals surface area contributed by atoms with Gasteiger partial charge in [-0.05, 0) is 44.2 Å². The Bertz CT molecular complexity index is 944. The van der Waals surface area contributed by atoms with Crippen LogP contribution in [0.4, 0.5) is 32.2 Å². The van der Waals surface area contributed by atoms with E-state index < -0.39 is 40.2 Å². The number of anilines is 1. The van der Waals surface area contributed by atoms with Gasteiger partial charge in [0.25, 0.3) is 5.91 Å². The number of aromatic nitrogens is 1. The fourth-order valence-electron chi connectivity index (χ4n) is 3.03. The summed E-state index contributed by atoms with van der Waals surface area (Å²) in [6.07, 6.45) is -8.98. The first-order chi connectivity index (χ1) is 14.3. The lowest BCUT2D eigenvalue weighted by Gasteiger charge is -2.40. The predicted molar refractivity (Wildman–Crippen MR) is 103 cm³/mol. The highest BCUT2D eigenvalue weighted by atomic mass is 32.2. The molecule has 0 aliphatic carbocycles. The van der Waals surface area contributed by atoms with Crippen LogP contribution in [0.5, 0.6) is 0 Å². The number of carbonyl (C=O) groups excluding carboxylic acids is 1. The molecule has 0 bridgehead atoms. The highest BCUT2D eigenvalue weighted by Gasteiger charge is 2.40. The summed E-state index contributed by atoms with van der Waals surface area (Å²) >= 11 is 1.15. The van der Waals surface area contributed by atoms with E-state index in [4.69, 9.17) is 4.74 Å². The molecule has 3 rings (SSSR count). The molecule has 0 saturated carbocycles. The van der Waals surface area contributed by atoms with Gasteiger partial charge < -0.3 is 4.74 Å². The van der Waals surface area contributed by atoms with E-state index in [1.807, 2.05) is 0 Å². The van der Waals surface area contributed by atoms with Crippen LogP contribution in [0, 0.1) is 0 Å². The minimum atomic E-state index is -4.55. The van der Waals surface area contributed by atoms with Gasteiger partial charge in [-0.2, -0.15) is 26.3 Å². The summed E-state index contributed by atoms with van der Waals surface area (Å²) in [6.45, 7) is 3.20. The molecule has 1 aliphatic rings. The molecule has 31 heavy (non-hydrogen) atoms. The van der Waals surface area contributed by atoms with E-state index in [2.05, 4.69) is 4.98 Å². The molecule has 1 fully saturated rings. The molecule has 1 saturated heterocycles. The summed E-state index contributed by atoms with van der Waals surface area (Å²) < 4.78 is 82.1. The molecule has 0 radical (unpaired) electrons. The van der Waals surface area contributed by atoms with Crippen LogP contribution in [-0.4, -0.2) is 34.9 Å². The number of alkyl halides is 6. The molecule has 2 aromatic rings. The fourth-order valence-corrected chi connectivity index (χ4v) is 4.24. The maximum absolute atomic E-state index is 13.0. The average molecular weight is 464 g/mol. The predicted octanol–water partition coefficient (Wildman–Crippen LogP) is 5.42. The van der Waals surface area contributed by atoms with Gasteiger partial charge in [-0.3, -0.25) is 9.69 Å². The van der Waals surface area contributed by atoms with Crippen LogP contribution in [0.3, 0.4) is 0 Å². The first-order valence-electron chi connectivity index (χ1n) is 9.09. The van der Waals surface area contributed by atoms with E-state index in [9.17, 15) is 31.1 Å². The summed E-state index contributed by atoms with van der Waals surface area (Å²) in [5.74, 6) is -0.422. The van der Waals surface area contributed by atoms with Crippen molar-refractivity contribution in [1.29, 1.82) is 0 Å². The minimum absolute atomic E-state index is 0.00381. The second-order valence-electron chi connectivity index (χ2n) is 7.44. The number of hydrogen-bond acceptors (Lipinski definition) is 4. The number of halogens is 6. The molecule has 2 heterocycles. The third kappa shape index (κ3) is 5.51. The number of morpholine rings is 1. The van der Waals surface area contributed by atoms with E-state index >= 15 is 0 Å². The summed E-state index contributed by atoms with van der Waals surface area (Å²) in [5, 5.41) is 0. The normalized spacial score (nSPS) is 18.4. The topological polar surface area (TPSA) is 42.4 Å². The average Bonchev–Trinajstić information content (AvgIpc) is 2.67. The number of benzene rings is 1. The monoisotopic (exact) mass is 464 g/mol. The summed E-state index contributed by atoms with van der Waals surface area (Å²) in [7, 11) is 0. The van der Waals surface area contributed by atoms with Crippen molar-refractivity contribution in [3.63, 3.8) is 0 Å². The third-order valence-corrected chi connectivity index (χ3v) is 6.01. The van der Waals surface area contributed by atoms with Gasteiger partial charge in [-0.1, -0.05) is 6.07 Å². The molecular formula is C20H18F6N2O2S. The number of rotatable bonds is 4. The van der Waals surface area contributed by atoms with Crippen molar-refractivity contribution in [3.05, 3.63) is 53.7 Å². The maximum atomic E-state index is 13.0. The van der Waals surface area contributed by atoms with Gasteiger partial charge in [0.2, 0.25) is 0 Å². The molecule has 1 aliphatic heterocycles. The fraction of sp³-hybridized carbons (Fsp3) is 0.400. The van der Waals surface area contributed by atoms with Crippen molar-refractivity contribution in [1.82, 2.24) is 4.98 Å². The smallest absolute Gasteiger partial charge is 0.365 e. The van der Waals surface area contributed by atoms with Gasteiger partial charge >= 0.3 is 12.4 Å². The molecule has 11 heteroatoms. The largest absolute Gasteiger partial charge is 0.417 e. The second kappa shape index (κ2) is 8.34. The molecule has 0 spiro atoms. The molecule has 4 nitrogen and oxygen atoms in total. The van der Waals surface area contributed by atoms with E-state index in [-0.39, 0.29) is 19.0 Å². The third-order valence-electron chi connectivity index (χ3n) is 4.73. The number of carbonyl (C=O) groups is 1. The van der Waals surface area contributed by atoms with Crippen LogP contribution >= 0.6 is 11.8 Å². The van der Waals surface area contributed by atoms with E-state index in [0.29, 0.717) is 11.1 Å². The zero-order valence-electron chi connectivity index (χ0n) is 16.4. The van der Waals surface area contributed by atoms with Crippen molar-refractivity contribution < 1.29 is 35.9 Å². The first kappa shape index (κ1) is 23.4. The summed E-state index contributed by atoms with van der Waals surface area (Å²) in [4.78, 5) is 17.6. The van der Waals surface area contributed by atoms with Crippen LogP contribution in [-0.2, 0) is 21.9 Å². The Labute approximate surface area is 178 Å². The van der Waals surface area contributed by atoms with Gasteiger partial charge in [0.1, 0.15) is 12.4 Å². The van der Waals surface area contributed by atoms with Gasteiger partial charge in [-0.15, -0.1) is 11.8 Å². The van der Waals surface area contributed by atoms with Gasteiger partial charge in [0.05, 0.1) is 23.8 Å². The Kier molecular flexibility index (Phi) is 6.30. The van der Waals surface area contributed by atoms with Crippen LogP contribution < -0.4 is 4.90 Å². The van der Waals surface area contributed by atoms with Crippen LogP contribution in [0.25, 0.3) is 0 Å². The number of pyridine rings is 1. The Hall–Kier alpha value is -2.27. The van der Waals surface area contributed by atoms with Crippen LogP contribution in [0.1, 0.15) is 25.0 Å². The number of thioether (sulfide) groups is 1. The Morgan fingerprint density at radius 3 is 2.29 bits per heavy atom. The number of nitrogens with zero attached hydrogens (tertiary/aromatic N) is 2. The van der Waals surface area contributed by atoms with Crippen molar-refractivity contribution in [2.75, 3.05) is 18.1 Å². The highest BCUT2D eigenvalue weighted by molar-refractivity contribution is 8.00. The zero-order chi connectivity index (χ0) is 23.0. The van der Waals surface area contributed by atoms with Crippen LogP contribution in [0.2, 0.25) is 0 Å². The molecular weight excluding hydrogens is 446 g/mol. The molecule has 1 aromatic carbocycles. The quantitative estimate of drug-likeness (QED) is 0.448. The Morgan fingerprint density at radius 1 is 1.03 bits per heavy atom. The van der Waals surface area contributed by atoms with Crippen LogP contribution in [0.15, 0.2) is 47.5 Å². The molecule has 168 valence electrons. The van der Waals surface area contributed by atoms with Crippen molar-refractivity contribution in [2.45, 2.75) is 41.9 Å². The van der Waals surface area contributed by atoms with Crippen molar-refractivity contribution in [3.8, 4) is 0 Å². The lowest BCUT2D eigenvalue weighted by molar-refractivity contribution is -0.138. The lowest BCUT2D eigenvalue weighted by atomic mass is 10.0.